The van der Waals surface area contributed by atoms with Crippen LogP contribution < -0.4 is 0 Å². The van der Waals surface area contributed by atoms with Crippen LogP contribution in [0.2, 0.25) is 0 Å². The quantitative estimate of drug-likeness (QED) is 0.801. The fourth-order valence-corrected chi connectivity index (χ4v) is 6.68. The van der Waals surface area contributed by atoms with E-state index in [4.69, 9.17) is 0 Å². The molecule has 1 aromatic rings. The summed E-state index contributed by atoms with van der Waals surface area (Å²) >= 11 is 3.91. The molecule has 3 rings (SSSR count). The Hall–Kier alpha value is -0.410. The van der Waals surface area contributed by atoms with Gasteiger partial charge in [-0.25, -0.2) is 0 Å². The van der Waals surface area contributed by atoms with Crippen molar-refractivity contribution in [1.82, 2.24) is 0 Å². The third-order valence-corrected chi connectivity index (χ3v) is 8.01. The van der Waals surface area contributed by atoms with Crippen molar-refractivity contribution in [2.45, 2.75) is 55.4 Å². The van der Waals surface area contributed by atoms with Crippen LogP contribution in [-0.4, -0.2) is 27.8 Å². The molecule has 3 unspecified atom stereocenters. The van der Waals surface area contributed by atoms with Crippen LogP contribution in [-0.2, 0) is 11.2 Å². The van der Waals surface area contributed by atoms with Gasteiger partial charge >= 0.3 is 0 Å². The standard InChI is InChI=1S/C18H24OS2/c1-2-17-18(21-11-10-20-17)16(19)12-14-8-5-7-13-6-3-4-9-15(13)14/h3-4,6,9,14,17-18H,2,5,7-8,10-12H2,1H3. The Kier molecular flexibility index (Phi) is 5.33. The molecule has 0 radical (unpaired) electrons. The molecule has 0 saturated carbocycles. The predicted octanol–water partition coefficient (Wildman–Crippen LogP) is 4.69. The fourth-order valence-electron chi connectivity index (χ4n) is 3.63. The van der Waals surface area contributed by atoms with Gasteiger partial charge in [-0.3, -0.25) is 4.79 Å². The predicted molar refractivity (Wildman–Crippen MR) is 94.5 cm³/mol. The zero-order valence-electron chi connectivity index (χ0n) is 12.7. The van der Waals surface area contributed by atoms with Crippen molar-refractivity contribution in [2.24, 2.45) is 0 Å². The second-order valence-electron chi connectivity index (χ2n) is 6.07. The number of fused-ring (bicyclic) bond motifs is 1. The molecule has 3 heteroatoms. The van der Waals surface area contributed by atoms with E-state index in [1.165, 1.54) is 36.1 Å². The van der Waals surface area contributed by atoms with Gasteiger partial charge in [0.2, 0.25) is 0 Å². The summed E-state index contributed by atoms with van der Waals surface area (Å²) in [6, 6.07) is 8.74. The zero-order valence-corrected chi connectivity index (χ0v) is 14.3. The molecule has 1 nitrogen and oxygen atoms in total. The summed E-state index contributed by atoms with van der Waals surface area (Å²) < 4.78 is 0. The molecule has 114 valence electrons. The van der Waals surface area contributed by atoms with Crippen LogP contribution in [0.15, 0.2) is 24.3 Å². The molecule has 1 aromatic carbocycles. The van der Waals surface area contributed by atoms with Crippen molar-refractivity contribution >= 4 is 29.3 Å². The first-order chi connectivity index (χ1) is 10.3. The van der Waals surface area contributed by atoms with Gasteiger partial charge in [-0.05, 0) is 42.7 Å². The van der Waals surface area contributed by atoms with E-state index in [2.05, 4.69) is 31.2 Å². The highest BCUT2D eigenvalue weighted by Gasteiger charge is 2.33. The van der Waals surface area contributed by atoms with Gasteiger partial charge in [0.25, 0.3) is 0 Å². The maximum atomic E-state index is 12.8. The van der Waals surface area contributed by atoms with Crippen LogP contribution in [0.5, 0.6) is 0 Å². The van der Waals surface area contributed by atoms with Gasteiger partial charge in [0.05, 0.1) is 5.25 Å². The highest BCUT2D eigenvalue weighted by molar-refractivity contribution is 8.07. The van der Waals surface area contributed by atoms with E-state index >= 15 is 0 Å². The van der Waals surface area contributed by atoms with Crippen LogP contribution in [0, 0.1) is 0 Å². The van der Waals surface area contributed by atoms with Gasteiger partial charge in [0.1, 0.15) is 5.78 Å². The first-order valence-electron chi connectivity index (χ1n) is 8.13. The lowest BCUT2D eigenvalue weighted by molar-refractivity contribution is -0.119. The molecule has 1 aliphatic heterocycles. The molecule has 0 amide bonds. The van der Waals surface area contributed by atoms with Crippen LogP contribution in [0.1, 0.15) is 49.7 Å². The molecule has 3 atom stereocenters. The average molecular weight is 321 g/mol. The van der Waals surface area contributed by atoms with Gasteiger partial charge in [0, 0.05) is 23.2 Å². The van der Waals surface area contributed by atoms with Gasteiger partial charge in [-0.2, -0.15) is 11.8 Å². The summed E-state index contributed by atoms with van der Waals surface area (Å²) in [5.74, 6) is 3.31. The minimum absolute atomic E-state index is 0.239. The summed E-state index contributed by atoms with van der Waals surface area (Å²) in [6.45, 7) is 2.22. The molecule has 0 spiro atoms. The van der Waals surface area contributed by atoms with Crippen molar-refractivity contribution in [3.8, 4) is 0 Å². The maximum Gasteiger partial charge on any atom is 0.147 e. The van der Waals surface area contributed by atoms with Crippen LogP contribution >= 0.6 is 23.5 Å². The first-order valence-corrected chi connectivity index (χ1v) is 10.2. The first kappa shape index (κ1) is 15.5. The highest BCUT2D eigenvalue weighted by Crippen LogP contribution is 2.38. The summed E-state index contributed by atoms with van der Waals surface area (Å²) in [7, 11) is 0. The molecule has 0 bridgehead atoms. The second kappa shape index (κ2) is 7.23. The summed E-state index contributed by atoms with van der Waals surface area (Å²) in [5, 5.41) is 0.776. The van der Waals surface area contributed by atoms with E-state index in [0.29, 0.717) is 17.0 Å². The van der Waals surface area contributed by atoms with Crippen molar-refractivity contribution in [1.29, 1.82) is 0 Å². The summed E-state index contributed by atoms with van der Waals surface area (Å²) in [5.41, 5.74) is 2.91. The molecule has 1 aliphatic carbocycles. The zero-order chi connectivity index (χ0) is 14.7. The number of carbonyl (C=O) groups is 1. The summed E-state index contributed by atoms with van der Waals surface area (Å²) in [6.07, 6.45) is 5.48. The molecule has 1 saturated heterocycles. The van der Waals surface area contributed by atoms with Gasteiger partial charge < -0.3 is 0 Å². The molecular formula is C18H24OS2. The number of ketones is 1. The number of Topliss-reactive ketones (excluding diaryl/α,β-unsaturated/α-hetero) is 1. The SMILES string of the molecule is CCC1SCCSC1C(=O)CC1CCCc2ccccc21. The lowest BCUT2D eigenvalue weighted by Crippen LogP contribution is -2.33. The molecule has 0 aromatic heterocycles. The Bertz CT molecular complexity index is 500. The number of aryl methyl sites for hydroxylation is 1. The second-order valence-corrected chi connectivity index (χ2v) is 8.66. The topological polar surface area (TPSA) is 17.1 Å². The van der Waals surface area contributed by atoms with E-state index in [0.717, 1.165) is 18.6 Å². The molecular weight excluding hydrogens is 296 g/mol. The highest BCUT2D eigenvalue weighted by atomic mass is 32.2. The molecule has 0 N–H and O–H groups in total. The van der Waals surface area contributed by atoms with Crippen molar-refractivity contribution in [2.75, 3.05) is 11.5 Å². The third kappa shape index (κ3) is 3.50. The minimum atomic E-state index is 0.239. The number of hydrogen-bond donors (Lipinski definition) is 0. The van der Waals surface area contributed by atoms with Crippen molar-refractivity contribution < 1.29 is 4.79 Å². The Morgan fingerprint density at radius 2 is 2.05 bits per heavy atom. The number of benzene rings is 1. The van der Waals surface area contributed by atoms with Crippen molar-refractivity contribution in [3.63, 3.8) is 0 Å². The van der Waals surface area contributed by atoms with Crippen LogP contribution in [0.3, 0.4) is 0 Å². The summed E-state index contributed by atoms with van der Waals surface area (Å²) in [4.78, 5) is 12.8. The molecule has 21 heavy (non-hydrogen) atoms. The van der Waals surface area contributed by atoms with Crippen LogP contribution in [0.4, 0.5) is 0 Å². The Morgan fingerprint density at radius 3 is 2.90 bits per heavy atom. The van der Waals surface area contributed by atoms with Gasteiger partial charge in [-0.15, -0.1) is 11.8 Å². The monoisotopic (exact) mass is 320 g/mol. The van der Waals surface area contributed by atoms with Gasteiger partial charge in [0.15, 0.2) is 0 Å². The lowest BCUT2D eigenvalue weighted by Gasteiger charge is -2.31. The van der Waals surface area contributed by atoms with E-state index in [1.54, 1.807) is 0 Å². The Labute approximate surface area is 136 Å². The van der Waals surface area contributed by atoms with E-state index in [-0.39, 0.29) is 5.25 Å². The number of carbonyl (C=O) groups excluding carboxylic acids is 1. The van der Waals surface area contributed by atoms with Crippen LogP contribution in [0.25, 0.3) is 0 Å². The normalized spacial score (nSPS) is 28.9. The largest absolute Gasteiger partial charge is 0.298 e. The van der Waals surface area contributed by atoms with E-state index in [1.807, 2.05) is 23.5 Å². The number of hydrogen-bond acceptors (Lipinski definition) is 3. The molecule has 1 fully saturated rings. The minimum Gasteiger partial charge on any atom is -0.298 e. The van der Waals surface area contributed by atoms with E-state index < -0.39 is 0 Å². The van der Waals surface area contributed by atoms with E-state index in [9.17, 15) is 4.79 Å². The van der Waals surface area contributed by atoms with Gasteiger partial charge in [-0.1, -0.05) is 31.2 Å². The maximum absolute atomic E-state index is 12.8. The average Bonchev–Trinajstić information content (AvgIpc) is 2.55. The molecule has 2 aliphatic rings. The smallest absolute Gasteiger partial charge is 0.147 e. The fraction of sp³-hybridized carbons (Fsp3) is 0.611. The number of thioether (sulfide) groups is 2. The Morgan fingerprint density at radius 1 is 1.24 bits per heavy atom. The third-order valence-electron chi connectivity index (χ3n) is 4.71. The molecule has 1 heterocycles. The lowest BCUT2D eigenvalue weighted by atomic mass is 9.80. The number of rotatable bonds is 4. The van der Waals surface area contributed by atoms with Crippen molar-refractivity contribution in [3.05, 3.63) is 35.4 Å². The Balaban J connectivity index is 1.70.